The van der Waals surface area contributed by atoms with Crippen molar-refractivity contribution in [2.24, 2.45) is 5.92 Å². The Morgan fingerprint density at radius 3 is 3.11 bits per heavy atom. The summed E-state index contributed by atoms with van der Waals surface area (Å²) in [5.41, 5.74) is 1.27. The number of rotatable bonds is 5. The second kappa shape index (κ2) is 6.76. The summed E-state index contributed by atoms with van der Waals surface area (Å²) in [4.78, 5) is 0. The fourth-order valence-corrected chi connectivity index (χ4v) is 2.34. The van der Waals surface area contributed by atoms with Crippen molar-refractivity contribution in [1.82, 2.24) is 5.32 Å². The van der Waals surface area contributed by atoms with E-state index in [1.165, 1.54) is 18.4 Å². The van der Waals surface area contributed by atoms with E-state index in [1.807, 2.05) is 12.1 Å². The highest BCUT2D eigenvalue weighted by molar-refractivity contribution is 5.30. The number of methoxy groups -OCH3 is 1. The third kappa shape index (κ3) is 3.72. The predicted molar refractivity (Wildman–Crippen MR) is 73.0 cm³/mol. The molecule has 100 valence electrons. The summed E-state index contributed by atoms with van der Waals surface area (Å²) in [5.74, 6) is 1.58. The van der Waals surface area contributed by atoms with Crippen LogP contribution in [0.5, 0.6) is 5.75 Å². The van der Waals surface area contributed by atoms with Gasteiger partial charge in [-0.15, -0.1) is 0 Å². The molecule has 2 rings (SSSR count). The average molecular weight is 249 g/mol. The van der Waals surface area contributed by atoms with Crippen LogP contribution in [-0.2, 0) is 4.74 Å². The molecule has 3 heteroatoms. The zero-order valence-electron chi connectivity index (χ0n) is 11.3. The minimum absolute atomic E-state index is 0.349. The van der Waals surface area contributed by atoms with Crippen LogP contribution < -0.4 is 10.1 Å². The van der Waals surface area contributed by atoms with E-state index < -0.39 is 0 Å². The number of hydrogen-bond acceptors (Lipinski definition) is 3. The van der Waals surface area contributed by atoms with Gasteiger partial charge in [-0.2, -0.15) is 0 Å². The largest absolute Gasteiger partial charge is 0.497 e. The summed E-state index contributed by atoms with van der Waals surface area (Å²) in [6, 6.07) is 8.59. The van der Waals surface area contributed by atoms with Crippen LogP contribution in [0.1, 0.15) is 31.4 Å². The van der Waals surface area contributed by atoms with Crippen LogP contribution in [-0.4, -0.2) is 26.9 Å². The Labute approximate surface area is 109 Å². The molecule has 1 fully saturated rings. The van der Waals surface area contributed by atoms with Gasteiger partial charge in [0.15, 0.2) is 0 Å². The third-order valence-electron chi connectivity index (χ3n) is 3.56. The molecule has 2 unspecified atom stereocenters. The first-order valence-corrected chi connectivity index (χ1v) is 6.74. The SMILES string of the molecule is COc1cccc(C(C)NCC2CCCOC2)c1. The molecule has 1 N–H and O–H groups in total. The highest BCUT2D eigenvalue weighted by Gasteiger charge is 2.15. The summed E-state index contributed by atoms with van der Waals surface area (Å²) in [7, 11) is 1.70. The molecule has 1 aliphatic heterocycles. The lowest BCUT2D eigenvalue weighted by Crippen LogP contribution is -2.30. The van der Waals surface area contributed by atoms with Gasteiger partial charge >= 0.3 is 0 Å². The molecular weight excluding hydrogens is 226 g/mol. The van der Waals surface area contributed by atoms with Crippen LogP contribution >= 0.6 is 0 Å². The Bertz CT molecular complexity index is 361. The van der Waals surface area contributed by atoms with Gasteiger partial charge in [0.1, 0.15) is 5.75 Å². The van der Waals surface area contributed by atoms with E-state index >= 15 is 0 Å². The first kappa shape index (κ1) is 13.4. The highest BCUT2D eigenvalue weighted by Crippen LogP contribution is 2.20. The Morgan fingerprint density at radius 1 is 1.50 bits per heavy atom. The smallest absolute Gasteiger partial charge is 0.119 e. The van der Waals surface area contributed by atoms with E-state index in [9.17, 15) is 0 Å². The second-order valence-electron chi connectivity index (χ2n) is 4.99. The number of nitrogens with one attached hydrogen (secondary N) is 1. The van der Waals surface area contributed by atoms with E-state index in [1.54, 1.807) is 7.11 Å². The van der Waals surface area contributed by atoms with Gasteiger partial charge in [0, 0.05) is 19.2 Å². The maximum atomic E-state index is 5.50. The molecule has 0 amide bonds. The van der Waals surface area contributed by atoms with Crippen molar-refractivity contribution in [3.05, 3.63) is 29.8 Å². The monoisotopic (exact) mass is 249 g/mol. The van der Waals surface area contributed by atoms with E-state index in [4.69, 9.17) is 9.47 Å². The lowest BCUT2D eigenvalue weighted by atomic mass is 10.0. The Morgan fingerprint density at radius 2 is 2.39 bits per heavy atom. The second-order valence-corrected chi connectivity index (χ2v) is 4.99. The minimum Gasteiger partial charge on any atom is -0.497 e. The van der Waals surface area contributed by atoms with Crippen molar-refractivity contribution in [1.29, 1.82) is 0 Å². The van der Waals surface area contributed by atoms with Gasteiger partial charge in [0.05, 0.1) is 13.7 Å². The zero-order valence-corrected chi connectivity index (χ0v) is 11.3. The van der Waals surface area contributed by atoms with Gasteiger partial charge in [-0.25, -0.2) is 0 Å². The fourth-order valence-electron chi connectivity index (χ4n) is 2.34. The predicted octanol–water partition coefficient (Wildman–Crippen LogP) is 2.77. The molecule has 18 heavy (non-hydrogen) atoms. The number of ether oxygens (including phenoxy) is 2. The Balaban J connectivity index is 1.84. The quantitative estimate of drug-likeness (QED) is 0.870. The van der Waals surface area contributed by atoms with Crippen LogP contribution in [0.3, 0.4) is 0 Å². The highest BCUT2D eigenvalue weighted by atomic mass is 16.5. The summed E-state index contributed by atoms with van der Waals surface area (Å²) in [5, 5.41) is 3.58. The van der Waals surface area contributed by atoms with E-state index in [2.05, 4.69) is 24.4 Å². The van der Waals surface area contributed by atoms with Crippen molar-refractivity contribution < 1.29 is 9.47 Å². The van der Waals surface area contributed by atoms with Crippen molar-refractivity contribution in [3.8, 4) is 5.75 Å². The molecular formula is C15H23NO2. The lowest BCUT2D eigenvalue weighted by Gasteiger charge is -2.24. The van der Waals surface area contributed by atoms with Crippen molar-refractivity contribution in [2.75, 3.05) is 26.9 Å². The van der Waals surface area contributed by atoms with E-state index in [-0.39, 0.29) is 0 Å². The van der Waals surface area contributed by atoms with Crippen molar-refractivity contribution in [2.45, 2.75) is 25.8 Å². The average Bonchev–Trinajstić information content (AvgIpc) is 2.46. The van der Waals surface area contributed by atoms with Crippen LogP contribution in [0.15, 0.2) is 24.3 Å². The topological polar surface area (TPSA) is 30.5 Å². The van der Waals surface area contributed by atoms with Crippen molar-refractivity contribution >= 4 is 0 Å². The normalized spacial score (nSPS) is 21.6. The lowest BCUT2D eigenvalue weighted by molar-refractivity contribution is 0.0540. The van der Waals surface area contributed by atoms with Crippen LogP contribution in [0.25, 0.3) is 0 Å². The molecule has 0 aromatic heterocycles. The third-order valence-corrected chi connectivity index (χ3v) is 3.56. The van der Waals surface area contributed by atoms with E-state index in [0.717, 1.165) is 25.5 Å². The summed E-state index contributed by atoms with van der Waals surface area (Å²) < 4.78 is 10.7. The zero-order chi connectivity index (χ0) is 12.8. The van der Waals surface area contributed by atoms with E-state index in [0.29, 0.717) is 12.0 Å². The molecule has 0 bridgehead atoms. The Hall–Kier alpha value is -1.06. The van der Waals surface area contributed by atoms with Crippen molar-refractivity contribution in [3.63, 3.8) is 0 Å². The van der Waals surface area contributed by atoms with Crippen LogP contribution in [0, 0.1) is 5.92 Å². The van der Waals surface area contributed by atoms with Crippen LogP contribution in [0.2, 0.25) is 0 Å². The summed E-state index contributed by atoms with van der Waals surface area (Å²) in [6.07, 6.45) is 2.47. The molecule has 0 spiro atoms. The summed E-state index contributed by atoms with van der Waals surface area (Å²) >= 11 is 0. The van der Waals surface area contributed by atoms with Crippen LogP contribution in [0.4, 0.5) is 0 Å². The molecule has 0 aliphatic carbocycles. The molecule has 2 atom stereocenters. The molecule has 1 heterocycles. The van der Waals surface area contributed by atoms with Gasteiger partial charge in [-0.3, -0.25) is 0 Å². The van der Waals surface area contributed by atoms with Gasteiger partial charge in [0.25, 0.3) is 0 Å². The van der Waals surface area contributed by atoms with Gasteiger partial charge < -0.3 is 14.8 Å². The molecule has 1 aromatic carbocycles. The fraction of sp³-hybridized carbons (Fsp3) is 0.600. The standard InChI is InChI=1S/C15H23NO2/c1-12(14-6-3-7-15(9-14)17-2)16-10-13-5-4-8-18-11-13/h3,6-7,9,12-13,16H,4-5,8,10-11H2,1-2H3. The first-order valence-electron chi connectivity index (χ1n) is 6.74. The number of benzene rings is 1. The molecule has 1 aromatic rings. The van der Waals surface area contributed by atoms with Gasteiger partial charge in [0.2, 0.25) is 0 Å². The first-order chi connectivity index (χ1) is 8.79. The Kier molecular flexibility index (Phi) is 5.02. The number of hydrogen-bond donors (Lipinski definition) is 1. The maximum Gasteiger partial charge on any atom is 0.119 e. The van der Waals surface area contributed by atoms with Gasteiger partial charge in [-0.05, 0) is 43.4 Å². The molecule has 1 saturated heterocycles. The maximum absolute atomic E-state index is 5.50. The molecule has 3 nitrogen and oxygen atoms in total. The minimum atomic E-state index is 0.349. The molecule has 0 saturated carbocycles. The summed E-state index contributed by atoms with van der Waals surface area (Å²) in [6.45, 7) is 5.05. The molecule has 0 radical (unpaired) electrons. The van der Waals surface area contributed by atoms with Gasteiger partial charge in [-0.1, -0.05) is 12.1 Å². The molecule has 1 aliphatic rings.